The molecule has 2 aromatic heterocycles. The van der Waals surface area contributed by atoms with Crippen LogP contribution < -0.4 is 10.5 Å². The fraction of sp³-hybridized carbons (Fsp3) is 0. The Kier molecular flexibility index (Phi) is 4.27. The minimum absolute atomic E-state index is 0.0440. The number of nitrogens with two attached hydrogens (primary N) is 1. The van der Waals surface area contributed by atoms with E-state index >= 15 is 0 Å². The Morgan fingerprint density at radius 2 is 1.85 bits per heavy atom. The van der Waals surface area contributed by atoms with Crippen LogP contribution >= 0.6 is 11.3 Å². The first-order valence-corrected chi connectivity index (χ1v) is 10.3. The third-order valence-electron chi connectivity index (χ3n) is 3.99. The van der Waals surface area contributed by atoms with Crippen molar-refractivity contribution in [1.82, 2.24) is 9.38 Å². The summed E-state index contributed by atoms with van der Waals surface area (Å²) in [6.45, 7) is 0. The Labute approximate surface area is 159 Å². The van der Waals surface area contributed by atoms with E-state index in [-0.39, 0.29) is 10.8 Å². The van der Waals surface area contributed by atoms with Gasteiger partial charge < -0.3 is 5.32 Å². The number of thiazole rings is 1. The van der Waals surface area contributed by atoms with Crippen molar-refractivity contribution < 1.29 is 13.2 Å². The molecule has 0 saturated carbocycles. The van der Waals surface area contributed by atoms with Crippen LogP contribution in [0.5, 0.6) is 0 Å². The van der Waals surface area contributed by atoms with Crippen LogP contribution in [0.25, 0.3) is 16.2 Å². The van der Waals surface area contributed by atoms with Crippen molar-refractivity contribution in [2.75, 3.05) is 5.32 Å². The summed E-state index contributed by atoms with van der Waals surface area (Å²) in [6, 6.07) is 12.8. The lowest BCUT2D eigenvalue weighted by Crippen LogP contribution is -2.14. The molecule has 0 radical (unpaired) electrons. The van der Waals surface area contributed by atoms with Crippen molar-refractivity contribution in [2.24, 2.45) is 5.14 Å². The third kappa shape index (κ3) is 3.47. The number of carbonyl (C=O) groups excluding carboxylic acids is 1. The summed E-state index contributed by atoms with van der Waals surface area (Å²) in [4.78, 5) is 18.0. The highest BCUT2D eigenvalue weighted by Gasteiger charge is 2.14. The number of hydrogen-bond donors (Lipinski definition) is 2. The molecule has 7 nitrogen and oxygen atoms in total. The number of sulfonamides is 1. The lowest BCUT2D eigenvalue weighted by Gasteiger charge is -2.10. The van der Waals surface area contributed by atoms with Gasteiger partial charge in [0.25, 0.3) is 5.91 Å². The zero-order valence-electron chi connectivity index (χ0n) is 13.9. The minimum atomic E-state index is -3.80. The van der Waals surface area contributed by atoms with Gasteiger partial charge in [-0.15, -0.1) is 11.3 Å². The molecule has 4 aromatic rings. The van der Waals surface area contributed by atoms with Crippen LogP contribution in [-0.4, -0.2) is 23.7 Å². The highest BCUT2D eigenvalue weighted by molar-refractivity contribution is 7.89. The quantitative estimate of drug-likeness (QED) is 0.551. The number of hydrogen-bond acceptors (Lipinski definition) is 5. The van der Waals surface area contributed by atoms with Crippen molar-refractivity contribution in [2.45, 2.75) is 4.90 Å². The molecule has 0 atom stereocenters. The maximum atomic E-state index is 12.6. The Balaban J connectivity index is 1.63. The van der Waals surface area contributed by atoms with E-state index in [1.807, 2.05) is 40.4 Å². The van der Waals surface area contributed by atoms with Crippen LogP contribution in [0.15, 0.2) is 71.2 Å². The molecule has 3 N–H and O–H groups in total. The molecule has 0 bridgehead atoms. The number of primary sulfonamides is 1. The number of imidazole rings is 1. The van der Waals surface area contributed by atoms with Gasteiger partial charge in [-0.1, -0.05) is 18.2 Å². The van der Waals surface area contributed by atoms with Crippen LogP contribution in [0.1, 0.15) is 10.4 Å². The molecule has 1 amide bonds. The van der Waals surface area contributed by atoms with Crippen LogP contribution in [0.2, 0.25) is 0 Å². The Morgan fingerprint density at radius 1 is 1.11 bits per heavy atom. The number of anilines is 1. The number of nitrogens with one attached hydrogen (secondary N) is 1. The monoisotopic (exact) mass is 398 g/mol. The van der Waals surface area contributed by atoms with E-state index in [4.69, 9.17) is 5.14 Å². The first-order valence-electron chi connectivity index (χ1n) is 7.88. The molecular weight excluding hydrogens is 384 g/mol. The van der Waals surface area contributed by atoms with Crippen molar-refractivity contribution in [1.29, 1.82) is 0 Å². The summed E-state index contributed by atoms with van der Waals surface area (Å²) < 4.78 is 24.6. The molecule has 0 aliphatic heterocycles. The zero-order valence-corrected chi connectivity index (χ0v) is 15.5. The lowest BCUT2D eigenvalue weighted by atomic mass is 10.1. The second kappa shape index (κ2) is 6.62. The summed E-state index contributed by atoms with van der Waals surface area (Å²) in [5.74, 6) is -0.357. The van der Waals surface area contributed by atoms with E-state index < -0.39 is 10.0 Å². The van der Waals surface area contributed by atoms with E-state index in [1.165, 1.54) is 35.6 Å². The molecule has 0 unspecified atom stereocenters. The van der Waals surface area contributed by atoms with E-state index in [9.17, 15) is 13.2 Å². The number of rotatable bonds is 4. The summed E-state index contributed by atoms with van der Waals surface area (Å²) in [7, 11) is -3.80. The van der Waals surface area contributed by atoms with Gasteiger partial charge in [-0.3, -0.25) is 9.20 Å². The van der Waals surface area contributed by atoms with Crippen LogP contribution in [0.4, 0.5) is 5.69 Å². The van der Waals surface area contributed by atoms with Gasteiger partial charge >= 0.3 is 0 Å². The average molecular weight is 398 g/mol. The zero-order chi connectivity index (χ0) is 19.0. The summed E-state index contributed by atoms with van der Waals surface area (Å²) in [6.07, 6.45) is 3.82. The van der Waals surface area contributed by atoms with Crippen molar-refractivity contribution in [3.05, 3.63) is 71.9 Å². The van der Waals surface area contributed by atoms with Gasteiger partial charge in [0.15, 0.2) is 4.96 Å². The fourth-order valence-electron chi connectivity index (χ4n) is 2.66. The van der Waals surface area contributed by atoms with Gasteiger partial charge in [0.2, 0.25) is 10.0 Å². The van der Waals surface area contributed by atoms with Gasteiger partial charge in [0.05, 0.1) is 16.3 Å². The molecule has 0 aliphatic rings. The number of aromatic nitrogens is 2. The minimum Gasteiger partial charge on any atom is -0.321 e. The Hall–Kier alpha value is -3.01. The molecule has 2 heterocycles. The number of fused-ring (bicyclic) bond motifs is 1. The molecule has 0 saturated heterocycles. The number of nitrogens with zero attached hydrogens (tertiary/aromatic N) is 2. The van der Waals surface area contributed by atoms with Crippen LogP contribution in [-0.2, 0) is 10.0 Å². The van der Waals surface area contributed by atoms with Crippen molar-refractivity contribution in [3.8, 4) is 11.3 Å². The Bertz CT molecular complexity index is 1210. The Morgan fingerprint density at radius 3 is 2.56 bits per heavy atom. The second-order valence-electron chi connectivity index (χ2n) is 5.79. The van der Waals surface area contributed by atoms with Gasteiger partial charge in [-0.2, -0.15) is 0 Å². The van der Waals surface area contributed by atoms with Gasteiger partial charge in [-0.25, -0.2) is 18.5 Å². The predicted octanol–water partition coefficient (Wildman–Crippen LogP) is 2.96. The maximum Gasteiger partial charge on any atom is 0.255 e. The average Bonchev–Trinajstić information content (AvgIpc) is 3.23. The topological polar surface area (TPSA) is 107 Å². The molecule has 27 heavy (non-hydrogen) atoms. The molecule has 136 valence electrons. The molecule has 0 aliphatic carbocycles. The SMILES string of the molecule is NS(=O)(=O)c1ccc(C(=O)Nc2ccccc2-c2cn3ccsc3n2)cc1. The highest BCUT2D eigenvalue weighted by atomic mass is 32.2. The standard InChI is InChI=1S/C18H14N4O3S2/c19-27(24,25)13-7-5-12(6-8-13)17(23)20-15-4-2-1-3-14(15)16-11-22-9-10-26-18(22)21-16/h1-11H,(H,20,23)(H2,19,24,25). The molecule has 0 fully saturated rings. The van der Waals surface area contributed by atoms with Gasteiger partial charge in [-0.05, 0) is 30.3 Å². The lowest BCUT2D eigenvalue weighted by molar-refractivity contribution is 0.102. The largest absolute Gasteiger partial charge is 0.321 e. The summed E-state index contributed by atoms with van der Waals surface area (Å²) in [5.41, 5.74) is 2.48. The first kappa shape index (κ1) is 17.4. The number of amides is 1. The molecular formula is C18H14N4O3S2. The molecule has 4 rings (SSSR count). The third-order valence-corrected chi connectivity index (χ3v) is 5.69. The normalized spacial score (nSPS) is 11.6. The van der Waals surface area contributed by atoms with Gasteiger partial charge in [0.1, 0.15) is 0 Å². The molecule has 2 aromatic carbocycles. The van der Waals surface area contributed by atoms with Gasteiger partial charge in [0, 0.05) is 28.9 Å². The fourth-order valence-corrected chi connectivity index (χ4v) is 3.88. The first-order chi connectivity index (χ1) is 12.9. The highest BCUT2D eigenvalue weighted by Crippen LogP contribution is 2.28. The smallest absolute Gasteiger partial charge is 0.255 e. The number of carbonyl (C=O) groups is 1. The van der Waals surface area contributed by atoms with Crippen LogP contribution in [0.3, 0.4) is 0 Å². The summed E-state index contributed by atoms with van der Waals surface area (Å²) >= 11 is 1.53. The number of benzene rings is 2. The van der Waals surface area contributed by atoms with Crippen molar-refractivity contribution in [3.63, 3.8) is 0 Å². The molecule has 9 heteroatoms. The van der Waals surface area contributed by atoms with Crippen molar-refractivity contribution >= 4 is 37.9 Å². The molecule has 0 spiro atoms. The maximum absolute atomic E-state index is 12.6. The van der Waals surface area contributed by atoms with E-state index in [1.54, 1.807) is 6.07 Å². The van der Waals surface area contributed by atoms with E-state index in [0.29, 0.717) is 11.3 Å². The van der Waals surface area contributed by atoms with Crippen LogP contribution in [0, 0.1) is 0 Å². The van der Waals surface area contributed by atoms with E-state index in [2.05, 4.69) is 10.3 Å². The van der Waals surface area contributed by atoms with E-state index in [0.717, 1.165) is 16.2 Å². The predicted molar refractivity (Wildman–Crippen MR) is 104 cm³/mol. The number of para-hydroxylation sites is 1. The summed E-state index contributed by atoms with van der Waals surface area (Å²) in [5, 5.41) is 9.88. The second-order valence-corrected chi connectivity index (χ2v) is 8.22.